The first kappa shape index (κ1) is 19.0. The molecule has 3 heterocycles. The van der Waals surface area contributed by atoms with Crippen LogP contribution in [0, 0.1) is 16.0 Å². The number of carbonyl (C=O) groups is 1. The quantitative estimate of drug-likeness (QED) is 0.315. The molecule has 0 bridgehead atoms. The summed E-state index contributed by atoms with van der Waals surface area (Å²) in [5, 5.41) is 15.4. The highest BCUT2D eigenvalue weighted by Gasteiger charge is 2.28. The number of aromatic nitrogens is 1. The second-order valence-corrected chi connectivity index (χ2v) is 9.53. The number of benzene rings is 1. The lowest BCUT2D eigenvalue weighted by Gasteiger charge is -2.18. The number of carbonyl (C=O) groups excluding carboxylic acids is 1. The predicted octanol–water partition coefficient (Wildman–Crippen LogP) is 5.90. The summed E-state index contributed by atoms with van der Waals surface area (Å²) >= 11 is 3.17. The molecule has 5 rings (SSSR count). The van der Waals surface area contributed by atoms with Crippen LogP contribution in [0.15, 0.2) is 40.8 Å². The Hall–Kier alpha value is -3.04. The number of nitrogens with zero attached hydrogens (tertiary/aromatic N) is 2. The maximum atomic E-state index is 12.7. The van der Waals surface area contributed by atoms with Crippen molar-refractivity contribution >= 4 is 49.7 Å². The minimum absolute atomic E-state index is 0.0864. The van der Waals surface area contributed by atoms with Gasteiger partial charge >= 0.3 is 5.88 Å². The van der Waals surface area contributed by atoms with Crippen molar-refractivity contribution in [3.8, 4) is 10.6 Å². The molecule has 0 spiro atoms. The molecule has 7 nitrogen and oxygen atoms in total. The average molecular weight is 440 g/mol. The van der Waals surface area contributed by atoms with Gasteiger partial charge in [0, 0.05) is 10.4 Å². The third-order valence-corrected chi connectivity index (χ3v) is 7.47. The van der Waals surface area contributed by atoms with Gasteiger partial charge in [-0.2, -0.15) is 0 Å². The summed E-state index contributed by atoms with van der Waals surface area (Å²) in [6.45, 7) is 2.24. The predicted molar refractivity (Wildman–Crippen MR) is 117 cm³/mol. The van der Waals surface area contributed by atoms with Gasteiger partial charge in [0.25, 0.3) is 5.91 Å². The van der Waals surface area contributed by atoms with E-state index in [0.29, 0.717) is 5.92 Å². The van der Waals surface area contributed by atoms with Gasteiger partial charge in [-0.3, -0.25) is 14.9 Å². The van der Waals surface area contributed by atoms with Gasteiger partial charge < -0.3 is 9.73 Å². The molecule has 30 heavy (non-hydrogen) atoms. The summed E-state index contributed by atoms with van der Waals surface area (Å²) in [4.78, 5) is 29.0. The fourth-order valence-electron chi connectivity index (χ4n) is 3.76. The molecule has 1 N–H and O–H groups in total. The van der Waals surface area contributed by atoms with Crippen LogP contribution in [0.4, 0.5) is 10.9 Å². The first-order chi connectivity index (χ1) is 14.5. The van der Waals surface area contributed by atoms with Crippen LogP contribution >= 0.6 is 22.7 Å². The third-order valence-electron chi connectivity index (χ3n) is 5.24. The van der Waals surface area contributed by atoms with Crippen molar-refractivity contribution in [3.63, 3.8) is 0 Å². The molecular weight excluding hydrogens is 422 g/mol. The van der Waals surface area contributed by atoms with Crippen LogP contribution in [0.2, 0.25) is 0 Å². The highest BCUT2D eigenvalue weighted by molar-refractivity contribution is 7.23. The number of nitro groups is 1. The topological polar surface area (TPSA) is 98.3 Å². The lowest BCUT2D eigenvalue weighted by atomic mass is 9.88. The van der Waals surface area contributed by atoms with Crippen LogP contribution in [-0.4, -0.2) is 15.8 Å². The second kappa shape index (κ2) is 7.33. The van der Waals surface area contributed by atoms with E-state index in [-0.39, 0.29) is 5.76 Å². The lowest BCUT2D eigenvalue weighted by Crippen LogP contribution is -2.11. The summed E-state index contributed by atoms with van der Waals surface area (Å²) in [5.41, 5.74) is 3.15. The molecule has 152 valence electrons. The SMILES string of the molecule is CC1CCc2c(sc(NC(=O)c3ccc([N+](=O)[O-])o3)c2-c2nc3ccccc3s2)C1. The van der Waals surface area contributed by atoms with E-state index in [9.17, 15) is 14.9 Å². The Morgan fingerprint density at radius 3 is 2.87 bits per heavy atom. The number of furan rings is 1. The maximum absolute atomic E-state index is 12.7. The van der Waals surface area contributed by atoms with Gasteiger partial charge in [0.2, 0.25) is 0 Å². The number of rotatable bonds is 4. The molecule has 1 unspecified atom stereocenters. The Kier molecular flexibility index (Phi) is 4.63. The molecule has 0 saturated heterocycles. The molecule has 0 saturated carbocycles. The van der Waals surface area contributed by atoms with Gasteiger partial charge in [-0.1, -0.05) is 19.1 Å². The van der Waals surface area contributed by atoms with Crippen LogP contribution in [0.25, 0.3) is 20.8 Å². The van der Waals surface area contributed by atoms with E-state index in [0.717, 1.165) is 45.1 Å². The van der Waals surface area contributed by atoms with Gasteiger partial charge in [-0.05, 0) is 48.9 Å². The molecule has 1 atom stereocenters. The van der Waals surface area contributed by atoms with E-state index in [1.165, 1.54) is 22.6 Å². The normalized spacial score (nSPS) is 15.8. The number of amides is 1. The van der Waals surface area contributed by atoms with Crippen molar-refractivity contribution in [1.82, 2.24) is 4.98 Å². The fraction of sp³-hybridized carbons (Fsp3) is 0.238. The minimum atomic E-state index is -0.658. The van der Waals surface area contributed by atoms with Gasteiger partial charge in [0.05, 0.1) is 16.3 Å². The summed E-state index contributed by atoms with van der Waals surface area (Å²) in [7, 11) is 0. The van der Waals surface area contributed by atoms with Crippen LogP contribution in [-0.2, 0) is 12.8 Å². The molecule has 1 amide bonds. The van der Waals surface area contributed by atoms with Crippen molar-refractivity contribution in [2.24, 2.45) is 5.92 Å². The number of thiazole rings is 1. The van der Waals surface area contributed by atoms with Gasteiger partial charge in [-0.25, -0.2) is 4.98 Å². The summed E-state index contributed by atoms with van der Waals surface area (Å²) < 4.78 is 6.17. The van der Waals surface area contributed by atoms with Crippen molar-refractivity contribution in [3.05, 3.63) is 62.7 Å². The number of nitrogens with one attached hydrogen (secondary N) is 1. The smallest absolute Gasteiger partial charge is 0.395 e. The molecule has 1 aliphatic rings. The number of hydrogen-bond donors (Lipinski definition) is 1. The van der Waals surface area contributed by atoms with Crippen molar-refractivity contribution in [2.45, 2.75) is 26.2 Å². The standard InChI is InChI=1S/C21H17N3O4S2/c1-11-6-7-12-16(10-11)30-21(23-19(25)14-8-9-17(28-14)24(26)27)18(12)20-22-13-4-2-3-5-15(13)29-20/h2-5,8-9,11H,6-7,10H2,1H3,(H,23,25). The number of hydrogen-bond acceptors (Lipinski definition) is 7. The van der Waals surface area contributed by atoms with Crippen LogP contribution in [0.1, 0.15) is 34.3 Å². The number of anilines is 1. The molecule has 1 aromatic carbocycles. The molecule has 1 aliphatic carbocycles. The number of para-hydroxylation sites is 1. The Bertz CT molecular complexity index is 1250. The first-order valence-electron chi connectivity index (χ1n) is 9.55. The van der Waals surface area contributed by atoms with Crippen LogP contribution < -0.4 is 5.32 Å². The first-order valence-corrected chi connectivity index (χ1v) is 11.2. The van der Waals surface area contributed by atoms with E-state index in [1.54, 1.807) is 22.7 Å². The van der Waals surface area contributed by atoms with Gasteiger partial charge in [0.15, 0.2) is 5.76 Å². The molecule has 9 heteroatoms. The molecule has 0 aliphatic heterocycles. The molecule has 3 aromatic heterocycles. The summed E-state index contributed by atoms with van der Waals surface area (Å²) in [5.74, 6) is -0.449. The van der Waals surface area contributed by atoms with E-state index >= 15 is 0 Å². The van der Waals surface area contributed by atoms with E-state index in [4.69, 9.17) is 9.40 Å². The lowest BCUT2D eigenvalue weighted by molar-refractivity contribution is -0.402. The zero-order valence-corrected chi connectivity index (χ0v) is 17.6. The molecule has 0 radical (unpaired) electrons. The molecular formula is C21H17N3O4S2. The molecule has 4 aromatic rings. The Balaban J connectivity index is 1.57. The van der Waals surface area contributed by atoms with Crippen LogP contribution in [0.3, 0.4) is 0 Å². The summed E-state index contributed by atoms with van der Waals surface area (Å²) in [6, 6.07) is 10.5. The zero-order valence-electron chi connectivity index (χ0n) is 16.0. The van der Waals surface area contributed by atoms with Crippen LogP contribution in [0.5, 0.6) is 0 Å². The number of thiophene rings is 1. The Morgan fingerprint density at radius 1 is 1.27 bits per heavy atom. The minimum Gasteiger partial charge on any atom is -0.395 e. The largest absolute Gasteiger partial charge is 0.433 e. The fourth-order valence-corrected chi connectivity index (χ4v) is 6.27. The highest BCUT2D eigenvalue weighted by Crippen LogP contribution is 2.47. The van der Waals surface area contributed by atoms with Crippen molar-refractivity contribution in [2.75, 3.05) is 5.32 Å². The van der Waals surface area contributed by atoms with Gasteiger partial charge in [-0.15, -0.1) is 22.7 Å². The second-order valence-electron chi connectivity index (χ2n) is 7.39. The maximum Gasteiger partial charge on any atom is 0.433 e. The Labute approximate surface area is 179 Å². The van der Waals surface area contributed by atoms with E-state index in [1.807, 2.05) is 24.3 Å². The number of fused-ring (bicyclic) bond motifs is 2. The molecule has 0 fully saturated rings. The highest BCUT2D eigenvalue weighted by atomic mass is 32.1. The average Bonchev–Trinajstić information content (AvgIpc) is 3.43. The summed E-state index contributed by atoms with van der Waals surface area (Å²) in [6.07, 6.45) is 3.01. The van der Waals surface area contributed by atoms with Crippen molar-refractivity contribution < 1.29 is 14.1 Å². The van der Waals surface area contributed by atoms with E-state index in [2.05, 4.69) is 12.2 Å². The Morgan fingerprint density at radius 2 is 2.10 bits per heavy atom. The third kappa shape index (κ3) is 3.29. The monoisotopic (exact) mass is 439 g/mol. The zero-order chi connectivity index (χ0) is 20.8. The van der Waals surface area contributed by atoms with E-state index < -0.39 is 16.7 Å². The van der Waals surface area contributed by atoms with Gasteiger partial charge in [0.1, 0.15) is 14.9 Å². The van der Waals surface area contributed by atoms with Crippen molar-refractivity contribution in [1.29, 1.82) is 0 Å².